The average Bonchev–Trinajstić information content (AvgIpc) is 3.19. The van der Waals surface area contributed by atoms with Crippen molar-refractivity contribution in [2.75, 3.05) is 0 Å². The molecule has 0 amide bonds. The molecule has 0 spiro atoms. The number of halogens is 1. The number of nitrogens with zero attached hydrogens (tertiary/aromatic N) is 2. The zero-order chi connectivity index (χ0) is 21.8. The third kappa shape index (κ3) is 2.70. The smallest absolute Gasteiger partial charge is 0.348 e. The van der Waals surface area contributed by atoms with Crippen LogP contribution in [0.2, 0.25) is 5.02 Å². The Hall–Kier alpha value is -4.16. The molecule has 3 aromatic carbocycles. The highest BCUT2D eigenvalue weighted by Gasteiger charge is 2.25. The zero-order valence-corrected chi connectivity index (χ0v) is 17.2. The molecule has 6 nitrogen and oxygen atoms in total. The lowest BCUT2D eigenvalue weighted by molar-refractivity contribution is 0.471. The number of aromatic hydroxyl groups is 1. The van der Waals surface area contributed by atoms with Crippen LogP contribution < -0.4 is 5.63 Å². The quantitative estimate of drug-likeness (QED) is 0.327. The van der Waals surface area contributed by atoms with Gasteiger partial charge in [0.1, 0.15) is 16.9 Å². The number of fused-ring (bicyclic) bond motifs is 4. The fourth-order valence-corrected chi connectivity index (χ4v) is 4.28. The van der Waals surface area contributed by atoms with Gasteiger partial charge in [0, 0.05) is 33.9 Å². The van der Waals surface area contributed by atoms with Gasteiger partial charge in [-0.1, -0.05) is 35.9 Å². The van der Waals surface area contributed by atoms with Gasteiger partial charge in [-0.3, -0.25) is 9.97 Å². The molecule has 6 rings (SSSR count). The molecular weight excluding hydrogens is 426 g/mol. The fraction of sp³-hybridized carbons (Fsp3) is 0. The Morgan fingerprint density at radius 2 is 1.69 bits per heavy atom. The molecule has 7 heteroatoms. The summed E-state index contributed by atoms with van der Waals surface area (Å²) in [6.45, 7) is 0. The Kier molecular flexibility index (Phi) is 4.03. The van der Waals surface area contributed by atoms with Crippen LogP contribution >= 0.6 is 11.6 Å². The van der Waals surface area contributed by atoms with Gasteiger partial charge in [0.15, 0.2) is 0 Å². The number of aromatic nitrogens is 3. The highest BCUT2D eigenvalue weighted by atomic mass is 35.5. The molecule has 0 saturated carbocycles. The summed E-state index contributed by atoms with van der Waals surface area (Å²) in [5, 5.41) is 12.9. The van der Waals surface area contributed by atoms with Gasteiger partial charge in [-0.2, -0.15) is 0 Å². The summed E-state index contributed by atoms with van der Waals surface area (Å²) in [6.07, 6.45) is 3.21. The van der Waals surface area contributed by atoms with E-state index >= 15 is 0 Å². The molecule has 0 atom stereocenters. The third-order valence-corrected chi connectivity index (χ3v) is 5.82. The molecule has 0 aliphatic heterocycles. The van der Waals surface area contributed by atoms with E-state index in [0.29, 0.717) is 43.7 Å². The van der Waals surface area contributed by atoms with Gasteiger partial charge in [-0.05, 0) is 42.0 Å². The predicted molar refractivity (Wildman–Crippen MR) is 125 cm³/mol. The van der Waals surface area contributed by atoms with Crippen molar-refractivity contribution >= 4 is 44.5 Å². The number of hydrogen-bond donors (Lipinski definition) is 2. The Labute approximate surface area is 185 Å². The Balaban J connectivity index is 1.83. The van der Waals surface area contributed by atoms with Gasteiger partial charge in [0.25, 0.3) is 0 Å². The van der Waals surface area contributed by atoms with E-state index in [2.05, 4.69) is 15.0 Å². The van der Waals surface area contributed by atoms with Gasteiger partial charge in [-0.15, -0.1) is 0 Å². The third-order valence-electron chi connectivity index (χ3n) is 5.57. The second-order valence-electron chi connectivity index (χ2n) is 7.40. The summed E-state index contributed by atoms with van der Waals surface area (Å²) in [5.74, 6) is -0.145. The number of hydrogen-bond acceptors (Lipinski definition) is 5. The largest absolute Gasteiger partial charge is 0.506 e. The number of H-pyrrole nitrogens is 1. The van der Waals surface area contributed by atoms with Gasteiger partial charge in [0.2, 0.25) is 0 Å². The monoisotopic (exact) mass is 439 g/mol. The molecule has 0 aliphatic carbocycles. The van der Waals surface area contributed by atoms with E-state index in [1.54, 1.807) is 48.8 Å². The topological polar surface area (TPSA) is 92.0 Å². The Bertz CT molecular complexity index is 1720. The molecule has 0 bridgehead atoms. The number of rotatable bonds is 2. The normalized spacial score (nSPS) is 11.5. The molecule has 2 N–H and O–H groups in total. The van der Waals surface area contributed by atoms with Crippen molar-refractivity contribution in [3.05, 3.63) is 88.5 Å². The minimum atomic E-state index is -0.641. The molecule has 3 heterocycles. The van der Waals surface area contributed by atoms with Gasteiger partial charge >= 0.3 is 5.63 Å². The highest BCUT2D eigenvalue weighted by Crippen LogP contribution is 2.44. The molecule has 0 radical (unpaired) electrons. The van der Waals surface area contributed by atoms with Crippen LogP contribution in [0.15, 0.2) is 82.3 Å². The molecular formula is C25H14ClN3O3. The molecule has 0 fully saturated rings. The summed E-state index contributed by atoms with van der Waals surface area (Å²) in [4.78, 5) is 25.5. The lowest BCUT2D eigenvalue weighted by atomic mass is 9.97. The van der Waals surface area contributed by atoms with Crippen LogP contribution in [-0.2, 0) is 0 Å². The minimum absolute atomic E-state index is 0.0676. The predicted octanol–water partition coefficient (Wildman–Crippen LogP) is 5.91. The molecule has 0 unspecified atom stereocenters. The lowest BCUT2D eigenvalue weighted by Gasteiger charge is -2.09. The number of nitrogens with one attached hydrogen (secondary N) is 1. The van der Waals surface area contributed by atoms with Gasteiger partial charge < -0.3 is 14.5 Å². The first-order chi connectivity index (χ1) is 15.6. The Morgan fingerprint density at radius 1 is 0.906 bits per heavy atom. The van der Waals surface area contributed by atoms with Crippen molar-refractivity contribution in [1.29, 1.82) is 0 Å². The van der Waals surface area contributed by atoms with E-state index < -0.39 is 5.63 Å². The van der Waals surface area contributed by atoms with E-state index in [9.17, 15) is 9.90 Å². The van der Waals surface area contributed by atoms with Crippen molar-refractivity contribution in [2.24, 2.45) is 0 Å². The molecule has 154 valence electrons. The maximum atomic E-state index is 13.2. The molecule has 0 aliphatic rings. The molecule has 0 saturated heterocycles. The Morgan fingerprint density at radius 3 is 2.53 bits per heavy atom. The molecule has 3 aromatic heterocycles. The van der Waals surface area contributed by atoms with Crippen molar-refractivity contribution < 1.29 is 9.52 Å². The SMILES string of the molecule is O=c1oc2ccccc2c(O)c1-c1c(-c2ccc(Cl)cc2)[nH]c2ccc3nccnc3c12. The average molecular weight is 440 g/mol. The summed E-state index contributed by atoms with van der Waals surface area (Å²) in [7, 11) is 0. The van der Waals surface area contributed by atoms with Crippen LogP contribution in [0, 0.1) is 0 Å². The van der Waals surface area contributed by atoms with E-state index in [1.165, 1.54) is 0 Å². The van der Waals surface area contributed by atoms with Gasteiger partial charge in [0.05, 0.1) is 22.1 Å². The first-order valence-corrected chi connectivity index (χ1v) is 10.3. The first kappa shape index (κ1) is 18.6. The van der Waals surface area contributed by atoms with Crippen LogP contribution in [0.5, 0.6) is 5.75 Å². The van der Waals surface area contributed by atoms with Gasteiger partial charge in [-0.25, -0.2) is 4.79 Å². The second kappa shape index (κ2) is 6.93. The first-order valence-electron chi connectivity index (χ1n) is 9.88. The van der Waals surface area contributed by atoms with Crippen LogP contribution in [0.3, 0.4) is 0 Å². The van der Waals surface area contributed by atoms with E-state index in [-0.39, 0.29) is 11.3 Å². The number of para-hydroxylation sites is 1. The standard InChI is InChI=1S/C25H14ClN3O3/c26-14-7-5-13(6-8-14)22-20(19-16(29-22)9-10-17-23(19)28-12-11-27-17)21-24(30)15-3-1-2-4-18(15)32-25(21)31/h1-12,29-30H. The fourth-order valence-electron chi connectivity index (χ4n) is 4.15. The summed E-state index contributed by atoms with van der Waals surface area (Å²) in [6, 6.07) is 17.9. The summed E-state index contributed by atoms with van der Waals surface area (Å²) in [5.41, 5.74) is 3.73. The van der Waals surface area contributed by atoms with Crippen molar-refractivity contribution in [1.82, 2.24) is 15.0 Å². The molecule has 6 aromatic rings. The molecule has 32 heavy (non-hydrogen) atoms. The van der Waals surface area contributed by atoms with E-state index in [1.807, 2.05) is 24.3 Å². The van der Waals surface area contributed by atoms with Crippen LogP contribution in [0.1, 0.15) is 0 Å². The zero-order valence-electron chi connectivity index (χ0n) is 16.5. The minimum Gasteiger partial charge on any atom is -0.506 e. The number of benzene rings is 3. The van der Waals surface area contributed by atoms with E-state index in [0.717, 1.165) is 11.1 Å². The second-order valence-corrected chi connectivity index (χ2v) is 7.84. The highest BCUT2D eigenvalue weighted by molar-refractivity contribution is 6.30. The van der Waals surface area contributed by atoms with Crippen LogP contribution in [0.4, 0.5) is 0 Å². The summed E-state index contributed by atoms with van der Waals surface area (Å²) >= 11 is 6.10. The number of aromatic amines is 1. The maximum Gasteiger partial charge on any atom is 0.348 e. The van der Waals surface area contributed by atoms with E-state index in [4.69, 9.17) is 16.0 Å². The maximum absolute atomic E-state index is 13.2. The van der Waals surface area contributed by atoms with Crippen molar-refractivity contribution in [3.8, 4) is 28.1 Å². The van der Waals surface area contributed by atoms with Crippen molar-refractivity contribution in [2.45, 2.75) is 0 Å². The van der Waals surface area contributed by atoms with Crippen LogP contribution in [-0.4, -0.2) is 20.1 Å². The van der Waals surface area contributed by atoms with Crippen molar-refractivity contribution in [3.63, 3.8) is 0 Å². The summed E-state index contributed by atoms with van der Waals surface area (Å²) < 4.78 is 5.58. The lowest BCUT2D eigenvalue weighted by Crippen LogP contribution is -2.04. The van der Waals surface area contributed by atoms with Crippen LogP contribution in [0.25, 0.3) is 55.3 Å².